The molecular weight excluding hydrogens is 448 g/mol. The van der Waals surface area contributed by atoms with E-state index >= 15 is 0 Å². The van der Waals surface area contributed by atoms with Gasteiger partial charge in [0.2, 0.25) is 10.0 Å². The molecule has 1 fully saturated rings. The van der Waals surface area contributed by atoms with Crippen molar-refractivity contribution in [3.05, 3.63) is 74.6 Å². The van der Waals surface area contributed by atoms with E-state index in [9.17, 15) is 13.2 Å². The highest BCUT2D eigenvalue weighted by atomic mass is 35.5. The van der Waals surface area contributed by atoms with Gasteiger partial charge in [0, 0.05) is 22.0 Å². The summed E-state index contributed by atoms with van der Waals surface area (Å²) in [7, 11) is -3.54. The van der Waals surface area contributed by atoms with E-state index in [4.69, 9.17) is 16.0 Å². The first-order valence-electron chi connectivity index (χ1n) is 10.8. The van der Waals surface area contributed by atoms with Crippen LogP contribution in [0.3, 0.4) is 0 Å². The summed E-state index contributed by atoms with van der Waals surface area (Å²) in [6.45, 7) is 9.17. The highest BCUT2D eigenvalue weighted by molar-refractivity contribution is 7.89. The van der Waals surface area contributed by atoms with E-state index in [1.54, 1.807) is 30.3 Å². The number of hydrogen-bond donors (Lipinski definition) is 1. The molecule has 1 aliphatic rings. The predicted molar refractivity (Wildman–Crippen MR) is 126 cm³/mol. The van der Waals surface area contributed by atoms with Gasteiger partial charge in [0.1, 0.15) is 12.1 Å². The van der Waals surface area contributed by atoms with Gasteiger partial charge in [-0.2, -0.15) is 4.31 Å². The second kappa shape index (κ2) is 8.98. The molecule has 0 aliphatic carbocycles. The predicted octanol–water partition coefficient (Wildman–Crippen LogP) is 2.97. The van der Waals surface area contributed by atoms with Gasteiger partial charge in [-0.1, -0.05) is 25.4 Å². The maximum atomic E-state index is 12.9. The second-order valence-corrected chi connectivity index (χ2v) is 11.1. The molecule has 170 valence electrons. The standard InChI is InChI=1S/C24H27ClN2O4S/c1-16(2)21-14-22-18(13-24(28)31-23(22)12-17(21)3)15-26-8-10-27(11-9-26)32(29,30)20-6-4-19(25)5-7-20/h4-7,12-14,16H,8-11,15H2,1-3H3/p+1. The van der Waals surface area contributed by atoms with Gasteiger partial charge in [0.05, 0.1) is 31.1 Å². The van der Waals surface area contributed by atoms with E-state index in [-0.39, 0.29) is 10.5 Å². The molecule has 6 nitrogen and oxygen atoms in total. The van der Waals surface area contributed by atoms with Crippen LogP contribution in [0.15, 0.2) is 56.6 Å². The van der Waals surface area contributed by atoms with Crippen molar-refractivity contribution in [2.45, 2.75) is 38.1 Å². The molecule has 32 heavy (non-hydrogen) atoms. The Kier molecular flexibility index (Phi) is 6.45. The molecule has 4 rings (SSSR count). The van der Waals surface area contributed by atoms with E-state index in [1.165, 1.54) is 14.8 Å². The van der Waals surface area contributed by atoms with Gasteiger partial charge in [-0.25, -0.2) is 13.2 Å². The molecule has 2 heterocycles. The number of nitrogens with zero attached hydrogens (tertiary/aromatic N) is 1. The lowest BCUT2D eigenvalue weighted by Crippen LogP contribution is -3.13. The van der Waals surface area contributed by atoms with Crippen LogP contribution < -0.4 is 10.5 Å². The molecule has 1 aromatic heterocycles. The normalized spacial score (nSPS) is 16.2. The first kappa shape index (κ1) is 23.0. The molecule has 0 saturated carbocycles. The summed E-state index contributed by atoms with van der Waals surface area (Å²) < 4.78 is 32.9. The van der Waals surface area contributed by atoms with Crippen LogP contribution in [0, 0.1) is 6.92 Å². The SMILES string of the molecule is Cc1cc2oc(=O)cc(C[NH+]3CCN(S(=O)(=O)c4ccc(Cl)cc4)CC3)c2cc1C(C)C. The van der Waals surface area contributed by atoms with Crippen molar-refractivity contribution < 1.29 is 17.7 Å². The second-order valence-electron chi connectivity index (χ2n) is 8.74. The zero-order valence-corrected chi connectivity index (χ0v) is 20.1. The third kappa shape index (κ3) is 4.62. The molecule has 1 N–H and O–H groups in total. The lowest BCUT2D eigenvalue weighted by atomic mass is 9.95. The van der Waals surface area contributed by atoms with Crippen molar-refractivity contribution in [3.63, 3.8) is 0 Å². The summed E-state index contributed by atoms with van der Waals surface area (Å²) in [6, 6.07) is 11.9. The van der Waals surface area contributed by atoms with Gasteiger partial charge in [-0.15, -0.1) is 0 Å². The molecule has 0 atom stereocenters. The maximum absolute atomic E-state index is 12.9. The number of halogens is 1. The number of piperazine rings is 1. The van der Waals surface area contributed by atoms with Gasteiger partial charge in [-0.3, -0.25) is 0 Å². The summed E-state index contributed by atoms with van der Waals surface area (Å²) in [5.41, 5.74) is 3.55. The Balaban J connectivity index is 1.53. The number of quaternary nitrogens is 1. The first-order chi connectivity index (χ1) is 15.1. The van der Waals surface area contributed by atoms with E-state index in [0.29, 0.717) is 49.2 Å². The fourth-order valence-corrected chi connectivity index (χ4v) is 5.97. The lowest BCUT2D eigenvalue weighted by molar-refractivity contribution is -0.917. The Morgan fingerprint density at radius 2 is 1.75 bits per heavy atom. The summed E-state index contributed by atoms with van der Waals surface area (Å²) in [5.74, 6) is 0.369. The Bertz CT molecular complexity index is 1290. The quantitative estimate of drug-likeness (QED) is 0.576. The van der Waals surface area contributed by atoms with Crippen molar-refractivity contribution in [2.75, 3.05) is 26.2 Å². The molecular formula is C24H28ClN2O4S+. The molecule has 0 radical (unpaired) electrons. The van der Waals surface area contributed by atoms with Crippen LogP contribution in [0.2, 0.25) is 5.02 Å². The summed E-state index contributed by atoms with van der Waals surface area (Å²) in [6.07, 6.45) is 0. The number of benzene rings is 2. The highest BCUT2D eigenvalue weighted by Crippen LogP contribution is 2.26. The Morgan fingerprint density at radius 3 is 2.38 bits per heavy atom. The average Bonchev–Trinajstić information content (AvgIpc) is 2.73. The molecule has 0 spiro atoms. The Hall–Kier alpha value is -2.19. The smallest absolute Gasteiger partial charge is 0.336 e. The highest BCUT2D eigenvalue weighted by Gasteiger charge is 2.30. The number of sulfonamides is 1. The van der Waals surface area contributed by atoms with Crippen LogP contribution in [0.5, 0.6) is 0 Å². The third-order valence-electron chi connectivity index (χ3n) is 6.16. The zero-order valence-electron chi connectivity index (χ0n) is 18.5. The van der Waals surface area contributed by atoms with Crippen LogP contribution in [-0.4, -0.2) is 38.9 Å². The number of nitrogens with one attached hydrogen (secondary N) is 1. The molecule has 1 aliphatic heterocycles. The zero-order chi connectivity index (χ0) is 23.0. The summed E-state index contributed by atoms with van der Waals surface area (Å²) in [4.78, 5) is 13.7. The maximum Gasteiger partial charge on any atom is 0.336 e. The van der Waals surface area contributed by atoms with E-state index in [2.05, 4.69) is 19.9 Å². The number of aryl methyl sites for hydroxylation is 1. The number of rotatable bonds is 5. The molecule has 1 saturated heterocycles. The molecule has 3 aromatic rings. The molecule has 8 heteroatoms. The van der Waals surface area contributed by atoms with E-state index in [1.807, 2.05) is 13.0 Å². The Labute approximate surface area is 193 Å². The van der Waals surface area contributed by atoms with E-state index < -0.39 is 10.0 Å². The van der Waals surface area contributed by atoms with Crippen LogP contribution in [0.1, 0.15) is 36.5 Å². The van der Waals surface area contributed by atoms with Crippen molar-refractivity contribution in [1.82, 2.24) is 4.31 Å². The molecule has 2 aromatic carbocycles. The number of fused-ring (bicyclic) bond motifs is 1. The van der Waals surface area contributed by atoms with Crippen LogP contribution >= 0.6 is 11.6 Å². The fraction of sp³-hybridized carbons (Fsp3) is 0.375. The van der Waals surface area contributed by atoms with Crippen molar-refractivity contribution >= 4 is 32.6 Å². The summed E-state index contributed by atoms with van der Waals surface area (Å²) in [5, 5.41) is 1.47. The topological polar surface area (TPSA) is 72.0 Å². The monoisotopic (exact) mass is 475 g/mol. The minimum atomic E-state index is -3.54. The first-order valence-corrected chi connectivity index (χ1v) is 12.6. The Morgan fingerprint density at radius 1 is 1.09 bits per heavy atom. The minimum Gasteiger partial charge on any atom is -0.423 e. The van der Waals surface area contributed by atoms with Crippen molar-refractivity contribution in [2.24, 2.45) is 0 Å². The van der Waals surface area contributed by atoms with Crippen LogP contribution in [-0.2, 0) is 16.6 Å². The van der Waals surface area contributed by atoms with Crippen LogP contribution in [0.4, 0.5) is 0 Å². The largest absolute Gasteiger partial charge is 0.423 e. The molecule has 0 amide bonds. The molecule has 0 unspecified atom stereocenters. The van der Waals surface area contributed by atoms with Crippen LogP contribution in [0.25, 0.3) is 11.0 Å². The van der Waals surface area contributed by atoms with Gasteiger partial charge >= 0.3 is 5.63 Å². The van der Waals surface area contributed by atoms with Gasteiger partial charge in [0.15, 0.2) is 0 Å². The third-order valence-corrected chi connectivity index (χ3v) is 8.33. The number of hydrogen-bond acceptors (Lipinski definition) is 4. The lowest BCUT2D eigenvalue weighted by Gasteiger charge is -2.31. The van der Waals surface area contributed by atoms with Crippen molar-refractivity contribution in [1.29, 1.82) is 0 Å². The van der Waals surface area contributed by atoms with Crippen molar-refractivity contribution in [3.8, 4) is 0 Å². The van der Waals surface area contributed by atoms with Gasteiger partial charge in [-0.05, 0) is 60.4 Å². The van der Waals surface area contributed by atoms with Gasteiger partial charge in [0.25, 0.3) is 0 Å². The average molecular weight is 476 g/mol. The minimum absolute atomic E-state index is 0.258. The summed E-state index contributed by atoms with van der Waals surface area (Å²) >= 11 is 5.89. The molecule has 0 bridgehead atoms. The fourth-order valence-electron chi connectivity index (χ4n) is 4.40. The van der Waals surface area contributed by atoms with Gasteiger partial charge < -0.3 is 9.32 Å². The van der Waals surface area contributed by atoms with E-state index in [0.717, 1.165) is 16.5 Å².